The lowest BCUT2D eigenvalue weighted by molar-refractivity contribution is -0.144. The van der Waals surface area contributed by atoms with Crippen molar-refractivity contribution in [3.05, 3.63) is 94.3 Å². The predicted molar refractivity (Wildman–Crippen MR) is 136 cm³/mol. The first-order chi connectivity index (χ1) is 17.6. The second-order valence-electron chi connectivity index (χ2n) is 8.00. The van der Waals surface area contributed by atoms with Gasteiger partial charge in [-0.15, -0.1) is 0 Å². The second-order valence-corrected chi connectivity index (χ2v) is 8.41. The molecule has 0 atom stereocenters. The molecule has 37 heavy (non-hydrogen) atoms. The summed E-state index contributed by atoms with van der Waals surface area (Å²) in [6.45, 7) is -0.566. The quantitative estimate of drug-likeness (QED) is 0.158. The van der Waals surface area contributed by atoms with Crippen LogP contribution in [0.3, 0.4) is 0 Å². The highest BCUT2D eigenvalue weighted by molar-refractivity contribution is 6.31. The largest absolute Gasteiger partial charge is 0.480 e. The fourth-order valence-electron chi connectivity index (χ4n) is 3.43. The Morgan fingerprint density at radius 1 is 1.03 bits per heavy atom. The first-order valence-electron chi connectivity index (χ1n) is 11.0. The van der Waals surface area contributed by atoms with Crippen LogP contribution < -0.4 is 16.2 Å². The molecule has 5 N–H and O–H groups in total. The molecule has 0 radical (unpaired) electrons. The Bertz CT molecular complexity index is 1330. The summed E-state index contributed by atoms with van der Waals surface area (Å²) in [5, 5.41) is 9.46. The number of benzene rings is 3. The zero-order chi connectivity index (χ0) is 26.9. The third-order valence-electron chi connectivity index (χ3n) is 5.15. The van der Waals surface area contributed by atoms with Gasteiger partial charge in [0.05, 0.1) is 11.3 Å². The van der Waals surface area contributed by atoms with Gasteiger partial charge in [-0.05, 0) is 66.1 Å². The second kappa shape index (κ2) is 12.5. The summed E-state index contributed by atoms with van der Waals surface area (Å²) < 4.78 is 18.8. The molecule has 192 valence electrons. The van der Waals surface area contributed by atoms with Crippen molar-refractivity contribution < 1.29 is 28.6 Å². The molecule has 0 aliphatic heterocycles. The highest BCUT2D eigenvalue weighted by atomic mass is 35.5. The fraction of sp³-hybridized carbons (Fsp3) is 0.154. The van der Waals surface area contributed by atoms with Gasteiger partial charge >= 0.3 is 11.9 Å². The average Bonchev–Trinajstić information content (AvgIpc) is 2.83. The first-order valence-corrected chi connectivity index (χ1v) is 11.4. The third-order valence-corrected chi connectivity index (χ3v) is 5.50. The van der Waals surface area contributed by atoms with Gasteiger partial charge in [0.1, 0.15) is 18.1 Å². The lowest BCUT2D eigenvalue weighted by atomic mass is 10.1. The minimum Gasteiger partial charge on any atom is -0.480 e. The van der Waals surface area contributed by atoms with E-state index in [0.29, 0.717) is 16.8 Å². The predicted octanol–water partition coefficient (Wildman–Crippen LogP) is 3.65. The molecule has 0 bridgehead atoms. The lowest BCUT2D eigenvalue weighted by Crippen LogP contribution is -2.35. The number of carboxylic acid groups (broad SMARTS) is 1. The number of guanidine groups is 1. The molecule has 0 spiro atoms. The van der Waals surface area contributed by atoms with Gasteiger partial charge < -0.3 is 26.2 Å². The van der Waals surface area contributed by atoms with E-state index in [4.69, 9.17) is 27.8 Å². The smallest absolute Gasteiger partial charge is 0.343 e. The first kappa shape index (κ1) is 27.2. The lowest BCUT2D eigenvalue weighted by Gasteiger charge is -2.21. The van der Waals surface area contributed by atoms with Crippen LogP contribution in [-0.4, -0.2) is 40.4 Å². The molecule has 0 heterocycles. The number of rotatable bonds is 10. The summed E-state index contributed by atoms with van der Waals surface area (Å²) in [5.74, 6) is -2.60. The molecule has 3 aromatic carbocycles. The number of halogens is 2. The normalized spacial score (nSPS) is 10.4. The molecular weight excluding hydrogens is 503 g/mol. The number of carbonyl (C=O) groups excluding carboxylic acids is 2. The standard InChI is InChI=1S/C26H24ClFN4O5/c27-22-13-21(37-25(36)18-4-8-20(9-5-18)31-26(29)30)10-6-17(22)7-11-23(33)32(15-24(34)35)14-16-2-1-3-19(28)12-16/h1-6,8-10,12-13H,7,11,14-15H2,(H,34,35)(H4,29,30,31). The summed E-state index contributed by atoms with van der Waals surface area (Å²) >= 11 is 6.33. The molecular formula is C26H24ClFN4O5. The molecule has 0 aliphatic carbocycles. The van der Waals surface area contributed by atoms with Crippen LogP contribution in [0.5, 0.6) is 5.75 Å². The van der Waals surface area contributed by atoms with Crippen molar-refractivity contribution in [1.82, 2.24) is 4.90 Å². The van der Waals surface area contributed by atoms with Gasteiger partial charge in [-0.2, -0.15) is 0 Å². The van der Waals surface area contributed by atoms with Crippen molar-refractivity contribution in [2.75, 3.05) is 6.54 Å². The zero-order valence-corrected chi connectivity index (χ0v) is 20.3. The van der Waals surface area contributed by atoms with Gasteiger partial charge in [-0.1, -0.05) is 29.8 Å². The van der Waals surface area contributed by atoms with Gasteiger partial charge in [0.15, 0.2) is 5.96 Å². The molecule has 0 aromatic heterocycles. The Balaban J connectivity index is 1.61. The van der Waals surface area contributed by atoms with Crippen LogP contribution in [0.15, 0.2) is 71.7 Å². The maximum absolute atomic E-state index is 13.5. The van der Waals surface area contributed by atoms with Gasteiger partial charge in [0, 0.05) is 18.0 Å². The number of amides is 1. The summed E-state index contributed by atoms with van der Waals surface area (Å²) in [6, 6.07) is 16.4. The van der Waals surface area contributed by atoms with Gasteiger partial charge in [0.2, 0.25) is 5.91 Å². The average molecular weight is 527 g/mol. The van der Waals surface area contributed by atoms with E-state index in [1.165, 1.54) is 36.4 Å². The number of aliphatic carboxylic acids is 1. The van der Waals surface area contributed by atoms with E-state index in [2.05, 4.69) is 4.99 Å². The number of carbonyl (C=O) groups is 3. The minimum atomic E-state index is -1.18. The number of esters is 1. The molecule has 1 amide bonds. The maximum atomic E-state index is 13.5. The number of aryl methyl sites for hydroxylation is 1. The van der Waals surface area contributed by atoms with E-state index in [0.717, 1.165) is 4.90 Å². The topological polar surface area (TPSA) is 148 Å². The van der Waals surface area contributed by atoms with Crippen molar-refractivity contribution >= 4 is 41.1 Å². The van der Waals surface area contributed by atoms with Gasteiger partial charge in [-0.3, -0.25) is 9.59 Å². The Morgan fingerprint density at radius 3 is 2.38 bits per heavy atom. The Kier molecular flexibility index (Phi) is 9.17. The molecule has 11 heteroatoms. The van der Waals surface area contributed by atoms with Crippen molar-refractivity contribution in [3.63, 3.8) is 0 Å². The molecule has 3 aromatic rings. The van der Waals surface area contributed by atoms with Crippen molar-refractivity contribution in [2.24, 2.45) is 16.5 Å². The summed E-state index contributed by atoms with van der Waals surface area (Å²) in [5.41, 5.74) is 12.5. The summed E-state index contributed by atoms with van der Waals surface area (Å²) in [6.07, 6.45) is 0.195. The van der Waals surface area contributed by atoms with Gasteiger partial charge in [-0.25, -0.2) is 14.2 Å². The van der Waals surface area contributed by atoms with E-state index in [-0.39, 0.29) is 41.7 Å². The van der Waals surface area contributed by atoms with Gasteiger partial charge in [0.25, 0.3) is 0 Å². The van der Waals surface area contributed by atoms with Crippen LogP contribution >= 0.6 is 11.6 Å². The van der Waals surface area contributed by atoms with E-state index in [1.807, 2.05) is 0 Å². The fourth-order valence-corrected chi connectivity index (χ4v) is 3.70. The summed E-state index contributed by atoms with van der Waals surface area (Å²) in [4.78, 5) is 41.4. The summed E-state index contributed by atoms with van der Waals surface area (Å²) in [7, 11) is 0. The number of nitrogens with zero attached hydrogens (tertiary/aromatic N) is 2. The van der Waals surface area contributed by atoms with E-state index < -0.39 is 30.2 Å². The van der Waals surface area contributed by atoms with Crippen molar-refractivity contribution in [1.29, 1.82) is 0 Å². The highest BCUT2D eigenvalue weighted by Gasteiger charge is 2.18. The highest BCUT2D eigenvalue weighted by Crippen LogP contribution is 2.25. The Hall–Kier alpha value is -4.44. The third kappa shape index (κ3) is 8.32. The molecule has 9 nitrogen and oxygen atoms in total. The number of nitrogens with two attached hydrogens (primary N) is 2. The molecule has 0 unspecified atom stereocenters. The number of ether oxygens (including phenoxy) is 1. The van der Waals surface area contributed by atoms with Crippen LogP contribution in [0.4, 0.5) is 10.1 Å². The van der Waals surface area contributed by atoms with Crippen LogP contribution in [0.2, 0.25) is 5.02 Å². The maximum Gasteiger partial charge on any atom is 0.343 e. The van der Waals surface area contributed by atoms with Crippen molar-refractivity contribution in [2.45, 2.75) is 19.4 Å². The Labute approximate surface area is 217 Å². The van der Waals surface area contributed by atoms with E-state index in [9.17, 15) is 23.9 Å². The van der Waals surface area contributed by atoms with Crippen molar-refractivity contribution in [3.8, 4) is 5.75 Å². The number of hydrogen-bond acceptors (Lipinski definition) is 5. The zero-order valence-electron chi connectivity index (χ0n) is 19.6. The molecule has 0 saturated heterocycles. The Morgan fingerprint density at radius 2 is 1.76 bits per heavy atom. The van der Waals surface area contributed by atoms with Crippen LogP contribution in [-0.2, 0) is 22.6 Å². The number of hydrogen-bond donors (Lipinski definition) is 3. The monoisotopic (exact) mass is 526 g/mol. The molecule has 0 fully saturated rings. The molecule has 3 rings (SSSR count). The van der Waals surface area contributed by atoms with E-state index in [1.54, 1.807) is 30.3 Å². The van der Waals surface area contributed by atoms with Crippen LogP contribution in [0.25, 0.3) is 0 Å². The number of aliphatic imine (C=N–C) groups is 1. The molecule has 0 saturated carbocycles. The van der Waals surface area contributed by atoms with Crippen LogP contribution in [0.1, 0.15) is 27.9 Å². The SMILES string of the molecule is NC(N)=Nc1ccc(C(=O)Oc2ccc(CCC(=O)N(CC(=O)O)Cc3cccc(F)c3)c(Cl)c2)cc1. The minimum absolute atomic E-state index is 0.0242. The molecule has 0 aliphatic rings. The van der Waals surface area contributed by atoms with E-state index >= 15 is 0 Å². The van der Waals surface area contributed by atoms with Crippen LogP contribution in [0, 0.1) is 5.82 Å². The number of carboxylic acids is 1.